The molecule has 1 rings (SSSR count). The lowest BCUT2D eigenvalue weighted by Crippen LogP contribution is -2.47. The number of likely N-dealkylation sites (N-methyl/N-ethyl adjacent to an activating group) is 1. The van der Waals surface area contributed by atoms with E-state index in [4.69, 9.17) is 5.11 Å². The highest BCUT2D eigenvalue weighted by Crippen LogP contribution is 2.16. The number of hydrogen-bond donors (Lipinski definition) is 1. The molecule has 0 aromatic heterocycles. The van der Waals surface area contributed by atoms with Crippen LogP contribution in [0.15, 0.2) is 0 Å². The number of piperidine rings is 1. The molecule has 0 aromatic carbocycles. The fourth-order valence-electron chi connectivity index (χ4n) is 2.48. The molecule has 0 aromatic rings. The predicted octanol–water partition coefficient (Wildman–Crippen LogP) is -0.407. The Bertz CT molecular complexity index is 560. The van der Waals surface area contributed by atoms with Gasteiger partial charge < -0.3 is 14.9 Å². The molecule has 1 atom stereocenters. The van der Waals surface area contributed by atoms with Gasteiger partial charge in [0.2, 0.25) is 11.8 Å². The highest BCUT2D eigenvalue weighted by molar-refractivity contribution is 7.92. The fraction of sp³-hybridized carbons (Fsp3) is 0.786. The van der Waals surface area contributed by atoms with E-state index in [9.17, 15) is 22.8 Å². The first kappa shape index (κ1) is 19.4. The average molecular weight is 348 g/mol. The molecule has 0 spiro atoms. The van der Waals surface area contributed by atoms with Gasteiger partial charge in [-0.2, -0.15) is 0 Å². The Morgan fingerprint density at radius 1 is 1.30 bits per heavy atom. The van der Waals surface area contributed by atoms with Crippen LogP contribution in [0.2, 0.25) is 0 Å². The van der Waals surface area contributed by atoms with Gasteiger partial charge in [-0.15, -0.1) is 0 Å². The minimum absolute atomic E-state index is 0.0626. The first-order valence-corrected chi connectivity index (χ1v) is 9.43. The van der Waals surface area contributed by atoms with Crippen LogP contribution in [-0.4, -0.2) is 79.3 Å². The van der Waals surface area contributed by atoms with Gasteiger partial charge >= 0.3 is 5.97 Å². The van der Waals surface area contributed by atoms with Gasteiger partial charge in [-0.25, -0.2) is 8.42 Å². The van der Waals surface area contributed by atoms with Crippen molar-refractivity contribution in [3.05, 3.63) is 0 Å². The summed E-state index contributed by atoms with van der Waals surface area (Å²) in [6.07, 6.45) is 1.57. The summed E-state index contributed by atoms with van der Waals surface area (Å²) in [5.74, 6) is -3.18. The van der Waals surface area contributed by atoms with Crippen LogP contribution in [0.1, 0.15) is 26.2 Å². The summed E-state index contributed by atoms with van der Waals surface area (Å²) in [4.78, 5) is 37.6. The van der Waals surface area contributed by atoms with Gasteiger partial charge in [-0.1, -0.05) is 6.92 Å². The zero-order valence-electron chi connectivity index (χ0n) is 13.5. The van der Waals surface area contributed by atoms with Crippen molar-refractivity contribution < 1.29 is 27.9 Å². The normalized spacial score (nSPS) is 18.5. The minimum atomic E-state index is -3.45. The highest BCUT2D eigenvalue weighted by atomic mass is 32.2. The monoisotopic (exact) mass is 348 g/mol. The molecule has 1 unspecified atom stereocenters. The van der Waals surface area contributed by atoms with E-state index in [0.717, 1.165) is 4.90 Å². The molecule has 1 aliphatic heterocycles. The van der Waals surface area contributed by atoms with Crippen molar-refractivity contribution in [3.63, 3.8) is 0 Å². The first-order valence-electron chi connectivity index (χ1n) is 7.61. The van der Waals surface area contributed by atoms with Crippen LogP contribution >= 0.6 is 0 Å². The third kappa shape index (κ3) is 6.17. The minimum Gasteiger partial charge on any atom is -0.481 e. The molecule has 9 heteroatoms. The van der Waals surface area contributed by atoms with E-state index in [-0.39, 0.29) is 24.7 Å². The summed E-state index contributed by atoms with van der Waals surface area (Å²) in [7, 11) is -2.08. The summed E-state index contributed by atoms with van der Waals surface area (Å²) < 4.78 is 23.3. The molecular formula is C14H24N2O6S. The lowest BCUT2D eigenvalue weighted by atomic mass is 9.98. The molecule has 23 heavy (non-hydrogen) atoms. The zero-order valence-corrected chi connectivity index (χ0v) is 14.3. The molecule has 0 aliphatic carbocycles. The first-order chi connectivity index (χ1) is 10.7. The lowest BCUT2D eigenvalue weighted by molar-refractivity contribution is -0.147. The summed E-state index contributed by atoms with van der Waals surface area (Å²) in [5.41, 5.74) is 0. The molecule has 2 amide bonds. The topological polar surface area (TPSA) is 112 Å². The molecule has 1 aliphatic rings. The predicted molar refractivity (Wildman–Crippen MR) is 83.5 cm³/mol. The van der Waals surface area contributed by atoms with Gasteiger partial charge in [0, 0.05) is 20.1 Å². The summed E-state index contributed by atoms with van der Waals surface area (Å²) in [6.45, 7) is 2.06. The van der Waals surface area contributed by atoms with Crippen molar-refractivity contribution in [2.24, 2.45) is 5.92 Å². The molecule has 1 fully saturated rings. The number of sulfone groups is 1. The number of carbonyl (C=O) groups is 3. The van der Waals surface area contributed by atoms with E-state index in [1.807, 2.05) is 0 Å². The lowest BCUT2D eigenvalue weighted by Gasteiger charge is -2.32. The van der Waals surface area contributed by atoms with Gasteiger partial charge in [0.1, 0.15) is 5.75 Å². The average Bonchev–Trinajstić information content (AvgIpc) is 2.46. The Labute approximate surface area is 136 Å². The number of amides is 2. The zero-order chi connectivity index (χ0) is 17.6. The van der Waals surface area contributed by atoms with Crippen molar-refractivity contribution in [2.75, 3.05) is 38.2 Å². The Morgan fingerprint density at radius 2 is 1.96 bits per heavy atom. The second-order valence-electron chi connectivity index (χ2n) is 5.86. The van der Waals surface area contributed by atoms with Gasteiger partial charge in [0.05, 0.1) is 18.2 Å². The van der Waals surface area contributed by atoms with E-state index in [1.54, 1.807) is 6.92 Å². The molecule has 0 saturated carbocycles. The molecule has 132 valence electrons. The Balaban J connectivity index is 2.56. The van der Waals surface area contributed by atoms with Gasteiger partial charge in [0.25, 0.3) is 0 Å². The van der Waals surface area contributed by atoms with Crippen LogP contribution < -0.4 is 0 Å². The smallest absolute Gasteiger partial charge is 0.308 e. The van der Waals surface area contributed by atoms with Crippen molar-refractivity contribution in [3.8, 4) is 0 Å². The maximum atomic E-state index is 12.2. The molecule has 0 bridgehead atoms. The van der Waals surface area contributed by atoms with Crippen molar-refractivity contribution in [1.82, 2.24) is 9.80 Å². The van der Waals surface area contributed by atoms with E-state index < -0.39 is 33.4 Å². The second-order valence-corrected chi connectivity index (χ2v) is 8.04. The Hall–Kier alpha value is -1.64. The van der Waals surface area contributed by atoms with Crippen LogP contribution in [0.4, 0.5) is 0 Å². The van der Waals surface area contributed by atoms with E-state index in [0.29, 0.717) is 25.8 Å². The molecule has 1 saturated heterocycles. The van der Waals surface area contributed by atoms with Crippen LogP contribution in [-0.2, 0) is 24.2 Å². The van der Waals surface area contributed by atoms with E-state index in [2.05, 4.69) is 0 Å². The summed E-state index contributed by atoms with van der Waals surface area (Å²) >= 11 is 0. The van der Waals surface area contributed by atoms with E-state index >= 15 is 0 Å². The number of carboxylic acids is 1. The van der Waals surface area contributed by atoms with Crippen LogP contribution in [0.3, 0.4) is 0 Å². The quantitative estimate of drug-likeness (QED) is 0.669. The Morgan fingerprint density at radius 3 is 2.52 bits per heavy atom. The van der Waals surface area contributed by atoms with Gasteiger partial charge in [-0.3, -0.25) is 14.4 Å². The summed E-state index contributed by atoms with van der Waals surface area (Å²) in [5, 5.41) is 9.02. The second kappa shape index (κ2) is 8.28. The fourth-order valence-corrected chi connectivity index (χ4v) is 3.84. The molecule has 1 heterocycles. The SMILES string of the molecule is CCCS(=O)(=O)CC(=O)N(C)CC(=O)N1CCCC(C(=O)O)C1. The summed E-state index contributed by atoms with van der Waals surface area (Å²) in [6, 6.07) is 0. The third-order valence-electron chi connectivity index (χ3n) is 3.78. The molecular weight excluding hydrogens is 324 g/mol. The molecule has 1 N–H and O–H groups in total. The van der Waals surface area contributed by atoms with Gasteiger partial charge in [0.15, 0.2) is 9.84 Å². The van der Waals surface area contributed by atoms with Crippen molar-refractivity contribution in [1.29, 1.82) is 0 Å². The van der Waals surface area contributed by atoms with Crippen molar-refractivity contribution >= 4 is 27.6 Å². The number of nitrogens with zero attached hydrogens (tertiary/aromatic N) is 2. The standard InChI is InChI=1S/C14H24N2O6S/c1-3-7-23(21,22)10-13(18)15(2)9-12(17)16-6-4-5-11(8-16)14(19)20/h11H,3-10H2,1-2H3,(H,19,20). The maximum Gasteiger partial charge on any atom is 0.308 e. The van der Waals surface area contributed by atoms with Crippen molar-refractivity contribution in [2.45, 2.75) is 26.2 Å². The number of aliphatic carboxylic acids is 1. The Kier molecular flexibility index (Phi) is 6.99. The van der Waals surface area contributed by atoms with Crippen LogP contribution in [0, 0.1) is 5.92 Å². The molecule has 8 nitrogen and oxygen atoms in total. The number of likely N-dealkylation sites (tertiary alicyclic amines) is 1. The number of carboxylic acid groups (broad SMARTS) is 1. The van der Waals surface area contributed by atoms with Crippen LogP contribution in [0.25, 0.3) is 0 Å². The van der Waals surface area contributed by atoms with Crippen LogP contribution in [0.5, 0.6) is 0 Å². The maximum absolute atomic E-state index is 12.2. The molecule has 0 radical (unpaired) electrons. The van der Waals surface area contributed by atoms with E-state index in [1.165, 1.54) is 11.9 Å². The highest BCUT2D eigenvalue weighted by Gasteiger charge is 2.29. The number of rotatable bonds is 7. The largest absolute Gasteiger partial charge is 0.481 e. The number of hydrogen-bond acceptors (Lipinski definition) is 5. The van der Waals surface area contributed by atoms with Gasteiger partial charge in [-0.05, 0) is 19.3 Å². The number of carbonyl (C=O) groups excluding carboxylic acids is 2. The third-order valence-corrected chi connectivity index (χ3v) is 5.50.